The molecule has 0 amide bonds. The number of carboxylic acids is 1. The van der Waals surface area contributed by atoms with Crippen LogP contribution >= 0.6 is 0 Å². The summed E-state index contributed by atoms with van der Waals surface area (Å²) in [6, 6.07) is 0. The summed E-state index contributed by atoms with van der Waals surface area (Å²) in [6.07, 6.45) is -3.58. The van der Waals surface area contributed by atoms with Gasteiger partial charge in [-0.25, -0.2) is 9.78 Å². The second-order valence-corrected chi connectivity index (χ2v) is 3.89. The van der Waals surface area contributed by atoms with Crippen LogP contribution in [-0.4, -0.2) is 22.7 Å². The number of halogens is 3. The second kappa shape index (κ2) is 4.60. The molecule has 0 bridgehead atoms. The zero-order chi connectivity index (χ0) is 13.3. The molecule has 0 aromatic carbocycles. The zero-order valence-electron chi connectivity index (χ0n) is 9.16. The molecule has 0 saturated carbocycles. The fourth-order valence-electron chi connectivity index (χ4n) is 1.78. The largest absolute Gasteiger partial charge is 0.475 e. The molecule has 5 nitrogen and oxygen atoms in total. The molecule has 1 unspecified atom stereocenters. The van der Waals surface area contributed by atoms with Gasteiger partial charge in [0, 0.05) is 6.61 Å². The van der Waals surface area contributed by atoms with Gasteiger partial charge in [-0.1, -0.05) is 0 Å². The van der Waals surface area contributed by atoms with Crippen LogP contribution in [0.25, 0.3) is 0 Å². The van der Waals surface area contributed by atoms with E-state index in [9.17, 15) is 18.0 Å². The fraction of sp³-hybridized carbons (Fsp3) is 0.600. The first-order valence-electron chi connectivity index (χ1n) is 5.32. The first-order chi connectivity index (χ1) is 8.39. The molecule has 2 heterocycles. The van der Waals surface area contributed by atoms with Crippen molar-refractivity contribution in [3.8, 4) is 0 Å². The molecular formula is C10H10F3NO4. The summed E-state index contributed by atoms with van der Waals surface area (Å²) in [5.74, 6) is -3.93. The topological polar surface area (TPSA) is 72.6 Å². The van der Waals surface area contributed by atoms with Crippen molar-refractivity contribution in [1.82, 2.24) is 4.98 Å². The molecule has 1 saturated heterocycles. The van der Waals surface area contributed by atoms with Crippen LogP contribution in [0.4, 0.5) is 13.2 Å². The molecule has 2 rings (SSSR count). The molecule has 0 spiro atoms. The normalized spacial score (nSPS) is 20.9. The van der Waals surface area contributed by atoms with E-state index in [2.05, 4.69) is 9.40 Å². The standard InChI is InChI=1S/C10H10F3NO4/c11-10(12,13)9-14-6(7(18-9)8(15)16)5-3-1-2-4-17-5/h5H,1-4H2,(H,15,16). The Balaban J connectivity index is 2.38. The van der Waals surface area contributed by atoms with E-state index < -0.39 is 29.9 Å². The van der Waals surface area contributed by atoms with E-state index in [-0.39, 0.29) is 5.69 Å². The SMILES string of the molecule is O=C(O)c1oc(C(F)(F)F)nc1C1CCCCO1. The van der Waals surface area contributed by atoms with Gasteiger partial charge < -0.3 is 14.3 Å². The van der Waals surface area contributed by atoms with Crippen LogP contribution in [0.1, 0.15) is 47.5 Å². The maximum absolute atomic E-state index is 12.4. The number of carbonyl (C=O) groups is 1. The number of nitrogens with zero attached hydrogens (tertiary/aromatic N) is 1. The van der Waals surface area contributed by atoms with Crippen molar-refractivity contribution in [3.05, 3.63) is 17.3 Å². The monoisotopic (exact) mass is 265 g/mol. The lowest BCUT2D eigenvalue weighted by molar-refractivity contribution is -0.157. The predicted octanol–water partition coefficient (Wildman–Crippen LogP) is 2.63. The van der Waals surface area contributed by atoms with Gasteiger partial charge in [-0.2, -0.15) is 13.2 Å². The van der Waals surface area contributed by atoms with Gasteiger partial charge in [0.15, 0.2) is 0 Å². The molecule has 1 N–H and O–H groups in total. The maximum Gasteiger partial charge on any atom is 0.468 e. The Morgan fingerprint density at radius 1 is 1.39 bits per heavy atom. The zero-order valence-corrected chi connectivity index (χ0v) is 9.16. The van der Waals surface area contributed by atoms with E-state index in [0.717, 1.165) is 12.8 Å². The average molecular weight is 265 g/mol. The molecule has 1 aromatic heterocycles. The van der Waals surface area contributed by atoms with E-state index >= 15 is 0 Å². The van der Waals surface area contributed by atoms with Crippen LogP contribution in [0, 0.1) is 0 Å². The third-order valence-electron chi connectivity index (χ3n) is 2.57. The molecule has 1 aliphatic rings. The highest BCUT2D eigenvalue weighted by molar-refractivity contribution is 5.85. The van der Waals surface area contributed by atoms with Crippen molar-refractivity contribution in [2.24, 2.45) is 0 Å². The number of oxazole rings is 1. The first-order valence-corrected chi connectivity index (χ1v) is 5.32. The Morgan fingerprint density at radius 3 is 2.61 bits per heavy atom. The van der Waals surface area contributed by atoms with Gasteiger partial charge in [0.05, 0.1) is 0 Å². The lowest BCUT2D eigenvalue weighted by atomic mass is 10.1. The molecule has 1 aliphatic heterocycles. The number of hydrogen-bond acceptors (Lipinski definition) is 4. The molecule has 1 fully saturated rings. The van der Waals surface area contributed by atoms with Crippen LogP contribution in [-0.2, 0) is 10.9 Å². The Hall–Kier alpha value is -1.57. The smallest absolute Gasteiger partial charge is 0.468 e. The van der Waals surface area contributed by atoms with Crippen molar-refractivity contribution in [3.63, 3.8) is 0 Å². The lowest BCUT2D eigenvalue weighted by Gasteiger charge is -2.20. The van der Waals surface area contributed by atoms with E-state index in [1.54, 1.807) is 0 Å². The number of rotatable bonds is 2. The molecule has 8 heteroatoms. The molecule has 0 aliphatic carbocycles. The molecular weight excluding hydrogens is 255 g/mol. The first kappa shape index (κ1) is 12.9. The Kier molecular flexibility index (Phi) is 3.29. The van der Waals surface area contributed by atoms with Crippen molar-refractivity contribution in [2.45, 2.75) is 31.5 Å². The highest BCUT2D eigenvalue weighted by Gasteiger charge is 2.41. The lowest BCUT2D eigenvalue weighted by Crippen LogP contribution is -2.15. The summed E-state index contributed by atoms with van der Waals surface area (Å²) in [4.78, 5) is 14.1. The summed E-state index contributed by atoms with van der Waals surface area (Å²) < 4.78 is 46.8. The molecule has 18 heavy (non-hydrogen) atoms. The minimum Gasteiger partial charge on any atom is -0.475 e. The van der Waals surface area contributed by atoms with Crippen LogP contribution in [0.2, 0.25) is 0 Å². The second-order valence-electron chi connectivity index (χ2n) is 3.89. The fourth-order valence-corrected chi connectivity index (χ4v) is 1.78. The summed E-state index contributed by atoms with van der Waals surface area (Å²) in [5, 5.41) is 8.82. The minimum absolute atomic E-state index is 0.283. The van der Waals surface area contributed by atoms with Gasteiger partial charge >= 0.3 is 18.0 Å². The molecule has 1 atom stereocenters. The van der Waals surface area contributed by atoms with Crippen LogP contribution in [0.5, 0.6) is 0 Å². The summed E-state index contributed by atoms with van der Waals surface area (Å²) >= 11 is 0. The van der Waals surface area contributed by atoms with Crippen LogP contribution in [0.3, 0.4) is 0 Å². The summed E-state index contributed by atoms with van der Waals surface area (Å²) in [7, 11) is 0. The number of aromatic carboxylic acids is 1. The Bertz CT molecular complexity index is 448. The predicted molar refractivity (Wildman–Crippen MR) is 51.0 cm³/mol. The third-order valence-corrected chi connectivity index (χ3v) is 2.57. The van der Waals surface area contributed by atoms with Gasteiger partial charge in [-0.05, 0) is 19.3 Å². The quantitative estimate of drug-likeness (QED) is 0.889. The highest BCUT2D eigenvalue weighted by Crippen LogP contribution is 2.35. The number of carboxylic acid groups (broad SMARTS) is 1. The average Bonchev–Trinajstić information content (AvgIpc) is 2.74. The van der Waals surface area contributed by atoms with Crippen molar-refractivity contribution in [2.75, 3.05) is 6.61 Å². The van der Waals surface area contributed by atoms with Gasteiger partial charge in [0.2, 0.25) is 5.76 Å². The molecule has 1 aromatic rings. The van der Waals surface area contributed by atoms with E-state index in [0.29, 0.717) is 13.0 Å². The van der Waals surface area contributed by atoms with Gasteiger partial charge in [0.1, 0.15) is 11.8 Å². The third kappa shape index (κ3) is 2.47. The number of alkyl halides is 3. The number of ether oxygens (including phenoxy) is 1. The minimum atomic E-state index is -4.81. The van der Waals surface area contributed by atoms with Crippen LogP contribution in [0.15, 0.2) is 4.42 Å². The number of aromatic nitrogens is 1. The maximum atomic E-state index is 12.4. The van der Waals surface area contributed by atoms with Gasteiger partial charge in [-0.3, -0.25) is 0 Å². The molecule has 100 valence electrons. The van der Waals surface area contributed by atoms with E-state index in [1.165, 1.54) is 0 Å². The highest BCUT2D eigenvalue weighted by atomic mass is 19.4. The van der Waals surface area contributed by atoms with Crippen molar-refractivity contribution < 1.29 is 32.2 Å². The van der Waals surface area contributed by atoms with E-state index in [4.69, 9.17) is 9.84 Å². The van der Waals surface area contributed by atoms with E-state index in [1.807, 2.05) is 0 Å². The summed E-state index contributed by atoms with van der Waals surface area (Å²) in [6.45, 7) is 0.373. The van der Waals surface area contributed by atoms with Crippen LogP contribution < -0.4 is 0 Å². The van der Waals surface area contributed by atoms with Gasteiger partial charge in [0.25, 0.3) is 0 Å². The van der Waals surface area contributed by atoms with Crippen molar-refractivity contribution >= 4 is 5.97 Å². The van der Waals surface area contributed by atoms with Crippen molar-refractivity contribution in [1.29, 1.82) is 0 Å². The van der Waals surface area contributed by atoms with Gasteiger partial charge in [-0.15, -0.1) is 0 Å². The Labute approximate surface area is 99.6 Å². The summed E-state index contributed by atoms with van der Waals surface area (Å²) in [5.41, 5.74) is -0.283. The number of hydrogen-bond donors (Lipinski definition) is 1. The molecule has 0 radical (unpaired) electrons. The Morgan fingerprint density at radius 2 is 2.11 bits per heavy atom.